The molecule has 0 aliphatic carbocycles. The van der Waals surface area contributed by atoms with Gasteiger partial charge in [0.05, 0.1) is 17.2 Å². The van der Waals surface area contributed by atoms with Gasteiger partial charge in [-0.2, -0.15) is 0 Å². The SMILES string of the molecule is C=C[N+](CC=CC)(CCCCC)c1ccc(CCC(C)N)cc1Br.[Br-]. The third-order valence-electron chi connectivity index (χ3n) is 4.56. The molecule has 1 aromatic carbocycles. The van der Waals surface area contributed by atoms with Crippen LogP contribution in [0, 0.1) is 0 Å². The van der Waals surface area contributed by atoms with Crippen molar-refractivity contribution in [2.45, 2.75) is 58.9 Å². The van der Waals surface area contributed by atoms with Crippen molar-refractivity contribution in [3.05, 3.63) is 53.2 Å². The Balaban J connectivity index is 0.00000576. The zero-order valence-electron chi connectivity index (χ0n) is 16.0. The summed E-state index contributed by atoms with van der Waals surface area (Å²) in [7, 11) is 0. The second-order valence-corrected chi connectivity index (χ2v) is 7.56. The number of hydrogen-bond donors (Lipinski definition) is 1. The molecule has 1 aromatic rings. The summed E-state index contributed by atoms with van der Waals surface area (Å²) in [4.78, 5) is 0. The first-order valence-electron chi connectivity index (χ1n) is 9.15. The Morgan fingerprint density at radius 3 is 2.56 bits per heavy atom. The lowest BCUT2D eigenvalue weighted by Gasteiger charge is -2.34. The number of allylic oxidation sites excluding steroid dienone is 1. The van der Waals surface area contributed by atoms with Crippen molar-refractivity contribution in [2.75, 3.05) is 13.1 Å². The Bertz CT molecular complexity index is 541. The van der Waals surface area contributed by atoms with Crippen LogP contribution in [0.2, 0.25) is 0 Å². The van der Waals surface area contributed by atoms with Crippen LogP contribution < -0.4 is 27.2 Å². The summed E-state index contributed by atoms with van der Waals surface area (Å²) in [5.41, 5.74) is 8.52. The van der Waals surface area contributed by atoms with Crippen molar-refractivity contribution in [3.63, 3.8) is 0 Å². The molecule has 0 radical (unpaired) electrons. The minimum atomic E-state index is 0. The summed E-state index contributed by atoms with van der Waals surface area (Å²) < 4.78 is 1.96. The van der Waals surface area contributed by atoms with E-state index in [1.165, 1.54) is 35.0 Å². The Morgan fingerprint density at radius 1 is 1.32 bits per heavy atom. The third kappa shape index (κ3) is 7.78. The van der Waals surface area contributed by atoms with Crippen molar-refractivity contribution < 1.29 is 17.0 Å². The Kier molecular flexibility index (Phi) is 12.6. The predicted molar refractivity (Wildman–Crippen MR) is 112 cm³/mol. The van der Waals surface area contributed by atoms with E-state index >= 15 is 0 Å². The monoisotopic (exact) mass is 472 g/mol. The number of benzene rings is 1. The summed E-state index contributed by atoms with van der Waals surface area (Å²) >= 11 is 3.81. The zero-order valence-corrected chi connectivity index (χ0v) is 19.2. The first-order valence-corrected chi connectivity index (χ1v) is 9.94. The fraction of sp³-hybridized carbons (Fsp3) is 0.524. The van der Waals surface area contributed by atoms with E-state index < -0.39 is 0 Å². The predicted octanol–water partition coefficient (Wildman–Crippen LogP) is 2.95. The molecule has 25 heavy (non-hydrogen) atoms. The second kappa shape index (κ2) is 12.9. The van der Waals surface area contributed by atoms with Gasteiger partial charge in [-0.05, 0) is 79.7 Å². The van der Waals surface area contributed by atoms with Gasteiger partial charge in [0.15, 0.2) is 5.69 Å². The van der Waals surface area contributed by atoms with E-state index in [2.05, 4.69) is 79.8 Å². The molecule has 0 amide bonds. The Morgan fingerprint density at radius 2 is 2.04 bits per heavy atom. The molecule has 0 spiro atoms. The molecule has 2 atom stereocenters. The van der Waals surface area contributed by atoms with E-state index in [1.54, 1.807) is 0 Å². The summed E-state index contributed by atoms with van der Waals surface area (Å²) in [6, 6.07) is 7.01. The van der Waals surface area contributed by atoms with Crippen LogP contribution in [-0.4, -0.2) is 19.1 Å². The maximum Gasteiger partial charge on any atom is 0.152 e. The van der Waals surface area contributed by atoms with Crippen LogP contribution in [0.1, 0.15) is 52.0 Å². The highest BCUT2D eigenvalue weighted by atomic mass is 79.9. The molecule has 0 aliphatic heterocycles. The lowest BCUT2D eigenvalue weighted by Crippen LogP contribution is -3.00. The van der Waals surface area contributed by atoms with Gasteiger partial charge in [0.2, 0.25) is 0 Å². The molecule has 2 unspecified atom stereocenters. The molecule has 0 fully saturated rings. The number of unbranched alkanes of at least 4 members (excludes halogenated alkanes) is 2. The molecule has 0 aromatic heterocycles. The number of nitrogens with two attached hydrogens (primary N) is 1. The summed E-state index contributed by atoms with van der Waals surface area (Å²) in [5.74, 6) is 0. The largest absolute Gasteiger partial charge is 1.00 e. The second-order valence-electron chi connectivity index (χ2n) is 6.70. The number of aryl methyl sites for hydroxylation is 1. The molecule has 2 N–H and O–H groups in total. The molecular formula is C21H34Br2N2. The lowest BCUT2D eigenvalue weighted by atomic mass is 10.0. The molecule has 0 saturated heterocycles. The van der Waals surface area contributed by atoms with E-state index in [0.29, 0.717) is 0 Å². The molecule has 0 aliphatic rings. The van der Waals surface area contributed by atoms with Crippen LogP contribution in [-0.2, 0) is 6.42 Å². The number of halogens is 2. The van der Waals surface area contributed by atoms with Gasteiger partial charge in [-0.3, -0.25) is 4.48 Å². The van der Waals surface area contributed by atoms with Gasteiger partial charge in [-0.1, -0.05) is 25.5 Å². The van der Waals surface area contributed by atoms with E-state index in [9.17, 15) is 0 Å². The fourth-order valence-corrected chi connectivity index (χ4v) is 3.75. The molecule has 0 heterocycles. The maximum atomic E-state index is 5.89. The van der Waals surface area contributed by atoms with Crippen LogP contribution >= 0.6 is 15.9 Å². The minimum Gasteiger partial charge on any atom is -1.00 e. The topological polar surface area (TPSA) is 26.0 Å². The van der Waals surface area contributed by atoms with Crippen molar-refractivity contribution in [2.24, 2.45) is 5.73 Å². The molecule has 0 bridgehead atoms. The van der Waals surface area contributed by atoms with Gasteiger partial charge >= 0.3 is 0 Å². The fourth-order valence-electron chi connectivity index (χ4n) is 2.97. The number of rotatable bonds is 11. The summed E-state index contributed by atoms with van der Waals surface area (Å²) in [5, 5.41) is 0. The minimum absolute atomic E-state index is 0. The quantitative estimate of drug-likeness (QED) is 0.298. The smallest absolute Gasteiger partial charge is 0.152 e. The molecular weight excluding hydrogens is 440 g/mol. The van der Waals surface area contributed by atoms with E-state index in [1.807, 2.05) is 0 Å². The molecule has 1 rings (SSSR count). The molecule has 2 nitrogen and oxygen atoms in total. The molecule has 4 heteroatoms. The van der Waals surface area contributed by atoms with Crippen molar-refractivity contribution in [1.82, 2.24) is 4.48 Å². The zero-order chi connectivity index (χ0) is 18.0. The van der Waals surface area contributed by atoms with Crippen molar-refractivity contribution in [3.8, 4) is 0 Å². The van der Waals surface area contributed by atoms with E-state index in [4.69, 9.17) is 5.73 Å². The molecule has 0 saturated carbocycles. The van der Waals surface area contributed by atoms with E-state index in [0.717, 1.165) is 30.4 Å². The van der Waals surface area contributed by atoms with Gasteiger partial charge in [-0.15, -0.1) is 0 Å². The summed E-state index contributed by atoms with van der Waals surface area (Å²) in [6.45, 7) is 12.6. The third-order valence-corrected chi connectivity index (χ3v) is 5.19. The number of nitrogens with zero attached hydrogens (tertiary/aromatic N) is 1. The van der Waals surface area contributed by atoms with Gasteiger partial charge in [0, 0.05) is 12.1 Å². The Hall–Kier alpha value is -0.420. The van der Waals surface area contributed by atoms with Crippen molar-refractivity contribution in [1.29, 1.82) is 0 Å². The first kappa shape index (κ1) is 24.6. The average molecular weight is 474 g/mol. The van der Waals surface area contributed by atoms with Crippen molar-refractivity contribution >= 4 is 21.6 Å². The van der Waals surface area contributed by atoms with Crippen LogP contribution in [0.3, 0.4) is 0 Å². The van der Waals surface area contributed by atoms with Crippen LogP contribution in [0.25, 0.3) is 0 Å². The van der Waals surface area contributed by atoms with E-state index in [-0.39, 0.29) is 23.0 Å². The van der Waals surface area contributed by atoms with Crippen LogP contribution in [0.5, 0.6) is 0 Å². The lowest BCUT2D eigenvalue weighted by molar-refractivity contribution is -0.00000525. The maximum absolute atomic E-state index is 5.89. The van der Waals surface area contributed by atoms with Gasteiger partial charge < -0.3 is 22.7 Å². The highest BCUT2D eigenvalue weighted by Gasteiger charge is 2.28. The highest BCUT2D eigenvalue weighted by molar-refractivity contribution is 9.10. The molecule has 142 valence electrons. The standard InChI is InChI=1S/C21H34BrN2.BrH/c1-5-8-10-16-24(7-3,15-9-6-2)21-14-13-19(17-20(21)22)12-11-18(4)23;/h6-7,9,13-14,17-18H,3,5,8,10-12,15-16,23H2,1-2,4H3;1H/q+1;/p-1. The van der Waals surface area contributed by atoms with Gasteiger partial charge in [0.1, 0.15) is 6.54 Å². The van der Waals surface area contributed by atoms with Crippen LogP contribution in [0.4, 0.5) is 5.69 Å². The van der Waals surface area contributed by atoms with Gasteiger partial charge in [-0.25, -0.2) is 0 Å². The van der Waals surface area contributed by atoms with Crippen LogP contribution in [0.15, 0.2) is 47.6 Å². The highest BCUT2D eigenvalue weighted by Crippen LogP contribution is 2.34. The summed E-state index contributed by atoms with van der Waals surface area (Å²) in [6.07, 6.45) is 12.2. The number of hydrogen-bond acceptors (Lipinski definition) is 1. The number of quaternary nitrogens is 1. The Labute approximate surface area is 173 Å². The average Bonchev–Trinajstić information content (AvgIpc) is 2.57. The van der Waals surface area contributed by atoms with Gasteiger partial charge in [0.25, 0.3) is 0 Å². The first-order chi connectivity index (χ1) is 11.5. The normalized spacial score (nSPS) is 14.8.